The van der Waals surface area contributed by atoms with Gasteiger partial charge >= 0.3 is 34.7 Å². The molecule has 2 rings (SSSR count). The van der Waals surface area contributed by atoms with Gasteiger partial charge in [-0.25, -0.2) is 19.2 Å². The zero-order chi connectivity index (χ0) is 15.4. The van der Waals surface area contributed by atoms with E-state index in [-0.39, 0.29) is 0 Å². The zero-order valence-electron chi connectivity index (χ0n) is 9.98. The van der Waals surface area contributed by atoms with Gasteiger partial charge in [0.05, 0.1) is 0 Å². The second kappa shape index (κ2) is 5.69. The molecule has 0 fully saturated rings. The molecule has 1 aromatic rings. The normalized spacial score (nSPS) is 14.7. The van der Waals surface area contributed by atoms with Gasteiger partial charge in [0.25, 0.3) is 5.75 Å². The first-order valence-electron chi connectivity index (χ1n) is 5.22. The molecule has 1 aliphatic heterocycles. The monoisotopic (exact) mass is 295 g/mol. The third-order valence-corrected chi connectivity index (χ3v) is 1.94. The van der Waals surface area contributed by atoms with Crippen LogP contribution in [0.5, 0.6) is 11.7 Å². The van der Waals surface area contributed by atoms with Crippen LogP contribution in [0, 0.1) is 0 Å². The number of hydrogen-bond donors (Lipinski definition) is 1. The molecule has 0 spiro atoms. The van der Waals surface area contributed by atoms with Gasteiger partial charge in [-0.1, -0.05) is 0 Å². The number of carbonyl (C=O) groups is 2. The summed E-state index contributed by atoms with van der Waals surface area (Å²) in [6, 6.07) is 1.31. The van der Waals surface area contributed by atoms with E-state index < -0.39 is 40.4 Å². The summed E-state index contributed by atoms with van der Waals surface area (Å²) in [5, 5.41) is 1.62. The van der Waals surface area contributed by atoms with Gasteiger partial charge in [-0.3, -0.25) is 4.79 Å². The highest BCUT2D eigenvalue weighted by Crippen LogP contribution is 2.21. The summed E-state index contributed by atoms with van der Waals surface area (Å²) in [5.41, 5.74) is -3.53. The number of carbonyl (C=O) groups excluding carboxylic acids is 2. The van der Waals surface area contributed by atoms with Gasteiger partial charge in [-0.05, 0) is 0 Å². The molecule has 0 amide bonds. The molecule has 1 aliphatic rings. The van der Waals surface area contributed by atoms with Crippen LogP contribution in [-0.2, 0) is 9.59 Å². The van der Waals surface area contributed by atoms with Crippen LogP contribution in [0.2, 0.25) is 0 Å². The molecule has 0 saturated heterocycles. The number of esters is 2. The van der Waals surface area contributed by atoms with Gasteiger partial charge in [0.2, 0.25) is 0 Å². The van der Waals surface area contributed by atoms with Crippen molar-refractivity contribution >= 4 is 11.9 Å². The lowest BCUT2D eigenvalue weighted by atomic mass is 10.4. The summed E-state index contributed by atoms with van der Waals surface area (Å²) < 4.78 is 17.9. The van der Waals surface area contributed by atoms with Crippen molar-refractivity contribution in [3.05, 3.63) is 55.5 Å². The fourth-order valence-electron chi connectivity index (χ4n) is 1.13. The Morgan fingerprint density at radius 2 is 1.43 bits per heavy atom. The van der Waals surface area contributed by atoms with E-state index in [9.17, 15) is 24.0 Å². The SMILES string of the molecule is O=C1/C=C\C(=O)Oc2c(oc(=O)ccc(=O)o[nH]c2=O)O1. The van der Waals surface area contributed by atoms with E-state index in [0.29, 0.717) is 24.3 Å². The smallest absolute Gasteiger partial charge is 0.356 e. The third-order valence-electron chi connectivity index (χ3n) is 1.94. The summed E-state index contributed by atoms with van der Waals surface area (Å²) in [6.07, 6.45) is 1.39. The standard InChI is InChI=1S/C11H5NO9/c13-5-1-2-6(14)19-11-9(18-5)10(17)12-21-8(16)4-3-7(15)20-11/h1-4H,(H,12,17)/b2-1-,4-3?,11-9?. The number of rotatable bonds is 0. The van der Waals surface area contributed by atoms with E-state index in [1.54, 1.807) is 5.16 Å². The van der Waals surface area contributed by atoms with Crippen LogP contribution >= 0.6 is 0 Å². The molecule has 0 aliphatic carbocycles. The van der Waals surface area contributed by atoms with Crippen molar-refractivity contribution in [1.29, 1.82) is 0 Å². The topological polar surface area (TPSA) is 146 Å². The van der Waals surface area contributed by atoms with Gasteiger partial charge < -0.3 is 18.4 Å². The Kier molecular flexibility index (Phi) is 3.79. The molecule has 0 saturated carbocycles. The number of ether oxygens (including phenoxy) is 2. The molecule has 1 aromatic heterocycles. The fraction of sp³-hybridized carbons (Fsp3) is 0. The van der Waals surface area contributed by atoms with Crippen LogP contribution in [0.15, 0.2) is 47.6 Å². The lowest BCUT2D eigenvalue weighted by Crippen LogP contribution is -2.20. The Balaban J connectivity index is 2.87. The number of nitrogens with one attached hydrogen (secondary N) is 1. The van der Waals surface area contributed by atoms with Crippen LogP contribution in [-0.4, -0.2) is 17.1 Å². The van der Waals surface area contributed by atoms with Crippen molar-refractivity contribution in [2.45, 2.75) is 0 Å². The minimum atomic E-state index is -1.28. The van der Waals surface area contributed by atoms with E-state index >= 15 is 0 Å². The predicted octanol–water partition coefficient (Wildman–Crippen LogP) is -1.21. The van der Waals surface area contributed by atoms with E-state index in [1.807, 2.05) is 0 Å². The molecule has 1 N–H and O–H groups in total. The molecule has 0 atom stereocenters. The predicted molar refractivity (Wildman–Crippen MR) is 62.2 cm³/mol. The van der Waals surface area contributed by atoms with Gasteiger partial charge in [-0.15, -0.1) is 0 Å². The van der Waals surface area contributed by atoms with E-state index in [4.69, 9.17) is 0 Å². The Morgan fingerprint density at radius 3 is 2.14 bits per heavy atom. The molecule has 21 heavy (non-hydrogen) atoms. The second-order valence-electron chi connectivity index (χ2n) is 3.40. The summed E-state index contributed by atoms with van der Waals surface area (Å²) >= 11 is 0. The fourth-order valence-corrected chi connectivity index (χ4v) is 1.13. The lowest BCUT2D eigenvalue weighted by molar-refractivity contribution is -0.134. The van der Waals surface area contributed by atoms with Crippen molar-refractivity contribution in [2.75, 3.05) is 0 Å². The maximum absolute atomic E-state index is 11.7. The number of hydrogen-bond acceptors (Lipinski definition) is 9. The highest BCUT2D eigenvalue weighted by Gasteiger charge is 2.20. The Bertz CT molecular complexity index is 853. The summed E-state index contributed by atoms with van der Waals surface area (Å²) in [4.78, 5) is 56.6. The van der Waals surface area contributed by atoms with Crippen molar-refractivity contribution < 1.29 is 28.0 Å². The van der Waals surface area contributed by atoms with E-state index in [2.05, 4.69) is 18.4 Å². The first-order valence-corrected chi connectivity index (χ1v) is 5.22. The number of fused-ring (bicyclic) bond motifs is 1. The quantitative estimate of drug-likeness (QED) is 0.582. The molecule has 10 heteroatoms. The molecule has 10 nitrogen and oxygen atoms in total. The van der Waals surface area contributed by atoms with Crippen molar-refractivity contribution in [3.8, 4) is 11.7 Å². The number of aromatic amines is 1. The van der Waals surface area contributed by atoms with Crippen LogP contribution in [0.1, 0.15) is 0 Å². The minimum Gasteiger partial charge on any atom is -0.410 e. The summed E-state index contributed by atoms with van der Waals surface area (Å²) in [5.74, 6) is -4.13. The number of aromatic nitrogens is 1. The molecule has 108 valence electrons. The highest BCUT2D eigenvalue weighted by atomic mass is 16.6. The largest absolute Gasteiger partial charge is 0.410 e. The zero-order valence-corrected chi connectivity index (χ0v) is 9.98. The third kappa shape index (κ3) is 3.53. The molecule has 2 heterocycles. The lowest BCUT2D eigenvalue weighted by Gasteiger charge is -2.05. The average molecular weight is 295 g/mol. The van der Waals surface area contributed by atoms with Crippen LogP contribution < -0.4 is 26.3 Å². The van der Waals surface area contributed by atoms with E-state index in [0.717, 1.165) is 0 Å². The number of H-pyrrole nitrogens is 1. The second-order valence-corrected chi connectivity index (χ2v) is 3.40. The molecule has 0 radical (unpaired) electrons. The van der Waals surface area contributed by atoms with Gasteiger partial charge in [0.1, 0.15) is 0 Å². The first-order chi connectivity index (χ1) is 9.95. The Morgan fingerprint density at radius 1 is 0.810 bits per heavy atom. The van der Waals surface area contributed by atoms with Crippen LogP contribution in [0.4, 0.5) is 0 Å². The van der Waals surface area contributed by atoms with Crippen molar-refractivity contribution in [2.24, 2.45) is 0 Å². The van der Waals surface area contributed by atoms with Crippen LogP contribution in [0.3, 0.4) is 0 Å². The van der Waals surface area contributed by atoms with Gasteiger partial charge in [0.15, 0.2) is 0 Å². The highest BCUT2D eigenvalue weighted by molar-refractivity contribution is 5.94. The molecular formula is C11H5NO9. The maximum atomic E-state index is 11.7. The maximum Gasteiger partial charge on any atom is 0.356 e. The molecule has 0 bridgehead atoms. The molecule has 0 aromatic carbocycles. The van der Waals surface area contributed by atoms with E-state index in [1.165, 1.54) is 0 Å². The minimum absolute atomic E-state index is 0.648. The molecule has 0 unspecified atom stereocenters. The first kappa shape index (κ1) is 14.0. The van der Waals surface area contributed by atoms with Gasteiger partial charge in [-0.2, -0.15) is 5.16 Å². The average Bonchev–Trinajstić information content (AvgIpc) is 2.43. The Hall–Kier alpha value is -3.43. The van der Waals surface area contributed by atoms with Gasteiger partial charge in [0, 0.05) is 24.3 Å². The summed E-state index contributed by atoms with van der Waals surface area (Å²) in [7, 11) is 0. The Labute approximate surface area is 113 Å². The van der Waals surface area contributed by atoms with Crippen molar-refractivity contribution in [3.63, 3.8) is 0 Å². The summed E-state index contributed by atoms with van der Waals surface area (Å²) in [6.45, 7) is 0. The molecular weight excluding hydrogens is 290 g/mol. The van der Waals surface area contributed by atoms with Crippen molar-refractivity contribution in [1.82, 2.24) is 5.16 Å². The van der Waals surface area contributed by atoms with Crippen LogP contribution in [0.25, 0.3) is 0 Å².